The number of hydrogen-bond acceptors (Lipinski definition) is 5. The van der Waals surface area contributed by atoms with E-state index in [2.05, 4.69) is 15.3 Å². The van der Waals surface area contributed by atoms with E-state index in [4.69, 9.17) is 5.73 Å². The summed E-state index contributed by atoms with van der Waals surface area (Å²) in [6, 6.07) is 7.81. The van der Waals surface area contributed by atoms with E-state index in [1.165, 1.54) is 18.7 Å². The maximum Gasteiger partial charge on any atom is 0.229 e. The summed E-state index contributed by atoms with van der Waals surface area (Å²) in [5, 5.41) is 3.02. The number of ketones is 1. The lowest BCUT2D eigenvalue weighted by Crippen LogP contribution is -2.06. The Kier molecular flexibility index (Phi) is 3.23. The molecule has 0 unspecified atom stereocenters. The quantitative estimate of drug-likeness (QED) is 0.807. The van der Waals surface area contributed by atoms with Gasteiger partial charge in [0.25, 0.3) is 0 Å². The van der Waals surface area contributed by atoms with Crippen LogP contribution in [0.15, 0.2) is 30.5 Å². The van der Waals surface area contributed by atoms with E-state index in [0.29, 0.717) is 11.5 Å². The van der Waals surface area contributed by atoms with Gasteiger partial charge in [0.1, 0.15) is 5.82 Å². The van der Waals surface area contributed by atoms with Gasteiger partial charge in [-0.2, -0.15) is 4.98 Å². The molecule has 0 spiro atoms. The minimum Gasteiger partial charge on any atom is -0.383 e. The molecule has 18 heavy (non-hydrogen) atoms. The lowest BCUT2D eigenvalue weighted by molar-refractivity contribution is 0.101. The monoisotopic (exact) mass is 242 g/mol. The lowest BCUT2D eigenvalue weighted by atomic mass is 10.2. The average molecular weight is 242 g/mol. The highest BCUT2D eigenvalue weighted by Gasteiger charge is 2.08. The van der Waals surface area contributed by atoms with Crippen molar-refractivity contribution in [2.24, 2.45) is 0 Å². The van der Waals surface area contributed by atoms with Gasteiger partial charge in [-0.1, -0.05) is 17.7 Å². The van der Waals surface area contributed by atoms with Gasteiger partial charge in [0.2, 0.25) is 5.95 Å². The highest BCUT2D eigenvalue weighted by atomic mass is 16.1. The zero-order chi connectivity index (χ0) is 13.1. The number of carbonyl (C=O) groups excluding carboxylic acids is 1. The number of nitrogens with two attached hydrogens (primary N) is 1. The van der Waals surface area contributed by atoms with Crippen LogP contribution in [0.2, 0.25) is 0 Å². The Hall–Kier alpha value is -2.43. The molecule has 0 fully saturated rings. The summed E-state index contributed by atoms with van der Waals surface area (Å²) in [7, 11) is 0. The molecule has 0 amide bonds. The van der Waals surface area contributed by atoms with E-state index in [-0.39, 0.29) is 11.6 Å². The van der Waals surface area contributed by atoms with E-state index in [1.807, 2.05) is 31.2 Å². The predicted octanol–water partition coefficient (Wildman–Crippen LogP) is 2.31. The summed E-state index contributed by atoms with van der Waals surface area (Å²) in [4.78, 5) is 19.3. The third-order valence-electron chi connectivity index (χ3n) is 2.51. The van der Waals surface area contributed by atoms with Gasteiger partial charge < -0.3 is 11.1 Å². The minimum absolute atomic E-state index is 0.144. The van der Waals surface area contributed by atoms with E-state index in [0.717, 1.165) is 5.69 Å². The molecule has 2 aromatic rings. The van der Waals surface area contributed by atoms with Crippen molar-refractivity contribution in [3.05, 3.63) is 41.6 Å². The molecule has 1 aromatic heterocycles. The molecule has 0 radical (unpaired) electrons. The van der Waals surface area contributed by atoms with E-state index >= 15 is 0 Å². The SMILES string of the molecule is CC(=O)c1cnc(Nc2ccc(C)cc2)nc1N. The predicted molar refractivity (Wildman–Crippen MR) is 70.9 cm³/mol. The zero-order valence-electron chi connectivity index (χ0n) is 10.3. The van der Waals surface area contributed by atoms with Crippen LogP contribution in [0.25, 0.3) is 0 Å². The second-order valence-corrected chi connectivity index (χ2v) is 4.04. The molecule has 0 bridgehead atoms. The number of carbonyl (C=O) groups is 1. The van der Waals surface area contributed by atoms with Crippen molar-refractivity contribution >= 4 is 23.2 Å². The Morgan fingerprint density at radius 3 is 2.50 bits per heavy atom. The van der Waals surface area contributed by atoms with E-state index in [9.17, 15) is 4.79 Å². The first kappa shape index (κ1) is 12.0. The number of aromatic nitrogens is 2. The third kappa shape index (κ3) is 2.63. The Morgan fingerprint density at radius 1 is 1.28 bits per heavy atom. The summed E-state index contributed by atoms with van der Waals surface area (Å²) >= 11 is 0. The fourth-order valence-corrected chi connectivity index (χ4v) is 1.49. The number of nitrogens with one attached hydrogen (secondary N) is 1. The van der Waals surface area contributed by atoms with Gasteiger partial charge in [-0.15, -0.1) is 0 Å². The van der Waals surface area contributed by atoms with E-state index < -0.39 is 0 Å². The number of benzene rings is 1. The summed E-state index contributed by atoms with van der Waals surface area (Å²) in [6.45, 7) is 3.45. The molecule has 5 heteroatoms. The number of rotatable bonds is 3. The third-order valence-corrected chi connectivity index (χ3v) is 2.51. The minimum atomic E-state index is -0.144. The summed E-state index contributed by atoms with van der Waals surface area (Å²) < 4.78 is 0. The molecule has 0 saturated carbocycles. The molecule has 2 rings (SSSR count). The number of hydrogen-bond donors (Lipinski definition) is 2. The second-order valence-electron chi connectivity index (χ2n) is 4.04. The molecule has 5 nitrogen and oxygen atoms in total. The smallest absolute Gasteiger partial charge is 0.229 e. The molecular formula is C13H14N4O. The molecule has 3 N–H and O–H groups in total. The molecule has 0 aliphatic carbocycles. The molecule has 92 valence electrons. The summed E-state index contributed by atoms with van der Waals surface area (Å²) in [6.07, 6.45) is 1.43. The Labute approximate surface area is 105 Å². The van der Waals surface area contributed by atoms with Crippen LogP contribution in [0.1, 0.15) is 22.8 Å². The first-order valence-electron chi connectivity index (χ1n) is 5.53. The standard InChI is InChI=1S/C13H14N4O/c1-8-3-5-10(6-4-8)16-13-15-7-11(9(2)18)12(14)17-13/h3-7H,1-2H3,(H3,14,15,16,17). The topological polar surface area (TPSA) is 80.9 Å². The van der Waals surface area contributed by atoms with Crippen molar-refractivity contribution in [3.8, 4) is 0 Å². The highest BCUT2D eigenvalue weighted by molar-refractivity contribution is 5.98. The molecule has 0 atom stereocenters. The van der Waals surface area contributed by atoms with Crippen LogP contribution in [-0.2, 0) is 0 Å². The normalized spacial score (nSPS) is 10.1. The van der Waals surface area contributed by atoms with Crippen molar-refractivity contribution in [2.45, 2.75) is 13.8 Å². The zero-order valence-corrected chi connectivity index (χ0v) is 10.3. The molecule has 0 aliphatic heterocycles. The molecule has 1 aromatic carbocycles. The van der Waals surface area contributed by atoms with Gasteiger partial charge in [0, 0.05) is 11.9 Å². The fourth-order valence-electron chi connectivity index (χ4n) is 1.49. The molecule has 0 aliphatic rings. The van der Waals surface area contributed by atoms with Crippen LogP contribution in [0.5, 0.6) is 0 Å². The Morgan fingerprint density at radius 2 is 1.94 bits per heavy atom. The maximum absolute atomic E-state index is 11.2. The largest absolute Gasteiger partial charge is 0.383 e. The van der Waals surface area contributed by atoms with Crippen molar-refractivity contribution in [1.29, 1.82) is 0 Å². The first-order chi connectivity index (χ1) is 8.56. The number of Topliss-reactive ketones (excluding diaryl/α,β-unsaturated/α-hetero) is 1. The van der Waals surface area contributed by atoms with Crippen LogP contribution >= 0.6 is 0 Å². The van der Waals surface area contributed by atoms with Gasteiger partial charge in [-0.3, -0.25) is 4.79 Å². The van der Waals surface area contributed by atoms with Crippen molar-refractivity contribution in [1.82, 2.24) is 9.97 Å². The summed E-state index contributed by atoms with van der Waals surface area (Å²) in [5.41, 5.74) is 8.07. The van der Waals surface area contributed by atoms with Crippen LogP contribution in [0, 0.1) is 6.92 Å². The van der Waals surface area contributed by atoms with Crippen LogP contribution in [0.4, 0.5) is 17.5 Å². The van der Waals surface area contributed by atoms with Crippen LogP contribution in [0.3, 0.4) is 0 Å². The van der Waals surface area contributed by atoms with Crippen LogP contribution in [-0.4, -0.2) is 15.8 Å². The highest BCUT2D eigenvalue weighted by Crippen LogP contribution is 2.16. The van der Waals surface area contributed by atoms with Crippen molar-refractivity contribution in [2.75, 3.05) is 11.1 Å². The molecular weight excluding hydrogens is 228 g/mol. The van der Waals surface area contributed by atoms with Crippen molar-refractivity contribution in [3.63, 3.8) is 0 Å². The van der Waals surface area contributed by atoms with E-state index in [1.54, 1.807) is 0 Å². The molecule has 0 saturated heterocycles. The van der Waals surface area contributed by atoms with Gasteiger partial charge in [-0.05, 0) is 26.0 Å². The maximum atomic E-state index is 11.2. The number of nitrogen functional groups attached to an aromatic ring is 1. The second kappa shape index (κ2) is 4.83. The fraction of sp³-hybridized carbons (Fsp3) is 0.154. The Bertz CT molecular complexity index is 578. The Balaban J connectivity index is 2.22. The molecule has 1 heterocycles. The van der Waals surface area contributed by atoms with Gasteiger partial charge in [0.15, 0.2) is 5.78 Å². The number of aryl methyl sites for hydroxylation is 1. The van der Waals surface area contributed by atoms with Crippen molar-refractivity contribution < 1.29 is 4.79 Å². The van der Waals surface area contributed by atoms with Crippen LogP contribution < -0.4 is 11.1 Å². The van der Waals surface area contributed by atoms with Gasteiger partial charge in [-0.25, -0.2) is 4.98 Å². The average Bonchev–Trinajstić information content (AvgIpc) is 2.32. The van der Waals surface area contributed by atoms with Gasteiger partial charge in [0.05, 0.1) is 5.56 Å². The number of anilines is 3. The lowest BCUT2D eigenvalue weighted by Gasteiger charge is -2.07. The summed E-state index contributed by atoms with van der Waals surface area (Å²) in [5.74, 6) is 0.419. The first-order valence-corrected chi connectivity index (χ1v) is 5.53. The van der Waals surface area contributed by atoms with Gasteiger partial charge >= 0.3 is 0 Å². The number of nitrogens with zero attached hydrogens (tertiary/aromatic N) is 2.